The van der Waals surface area contributed by atoms with Gasteiger partial charge in [0.1, 0.15) is 17.2 Å². The number of nitrogens with zero attached hydrogens (tertiary/aromatic N) is 3. The number of benzene rings is 2. The van der Waals surface area contributed by atoms with Crippen molar-refractivity contribution >= 4 is 0 Å². The highest BCUT2D eigenvalue weighted by Crippen LogP contribution is 2.20. The molecule has 26 heavy (non-hydrogen) atoms. The lowest BCUT2D eigenvalue weighted by Crippen LogP contribution is -2.31. The number of aromatic nitrogens is 3. The van der Waals surface area contributed by atoms with Crippen LogP contribution in [-0.4, -0.2) is 32.7 Å². The first kappa shape index (κ1) is 18.2. The largest absolute Gasteiger partial charge is 0.395 e. The van der Waals surface area contributed by atoms with Gasteiger partial charge in [-0.15, -0.1) is 0 Å². The minimum atomic E-state index is -0.267. The summed E-state index contributed by atoms with van der Waals surface area (Å²) in [5.41, 5.74) is 3.05. The van der Waals surface area contributed by atoms with Gasteiger partial charge in [-0.25, -0.2) is 4.39 Å². The first-order chi connectivity index (χ1) is 12.7. The fourth-order valence-corrected chi connectivity index (χ4v) is 2.75. The average Bonchev–Trinajstić information content (AvgIpc) is 3.08. The molecule has 2 N–H and O–H groups in total. The van der Waals surface area contributed by atoms with Crippen LogP contribution in [0.5, 0.6) is 0 Å². The molecular formula is C20H23FN4O. The zero-order valence-electron chi connectivity index (χ0n) is 14.8. The van der Waals surface area contributed by atoms with Crippen LogP contribution in [0.4, 0.5) is 4.39 Å². The molecule has 0 unspecified atom stereocenters. The number of hydrogen-bond acceptors (Lipinski definition) is 4. The van der Waals surface area contributed by atoms with Gasteiger partial charge < -0.3 is 10.4 Å². The predicted octanol–water partition coefficient (Wildman–Crippen LogP) is 2.99. The van der Waals surface area contributed by atoms with Crippen molar-refractivity contribution in [3.63, 3.8) is 0 Å². The monoisotopic (exact) mass is 354 g/mol. The molecule has 5 nitrogen and oxygen atoms in total. The van der Waals surface area contributed by atoms with Gasteiger partial charge in [0.15, 0.2) is 0 Å². The van der Waals surface area contributed by atoms with Crippen LogP contribution in [0.3, 0.4) is 0 Å². The van der Waals surface area contributed by atoms with E-state index in [1.165, 1.54) is 10.9 Å². The van der Waals surface area contributed by atoms with Gasteiger partial charge in [0.05, 0.1) is 13.2 Å². The van der Waals surface area contributed by atoms with Gasteiger partial charge in [0.25, 0.3) is 0 Å². The van der Waals surface area contributed by atoms with Crippen molar-refractivity contribution in [2.45, 2.75) is 32.5 Å². The standard InChI is InChI=1S/C20H23FN4O/c1-2-17(14-26)22-12-19-20(15-8-4-3-5-9-15)24-25(23-19)13-16-10-6-7-11-18(16)21/h3-11,17,22,26H,2,12-14H2,1H3/t17-/m0/s1. The Morgan fingerprint density at radius 2 is 1.81 bits per heavy atom. The third-order valence-corrected chi connectivity index (χ3v) is 4.31. The van der Waals surface area contributed by atoms with Crippen molar-refractivity contribution in [3.8, 4) is 11.3 Å². The van der Waals surface area contributed by atoms with Gasteiger partial charge in [-0.2, -0.15) is 15.0 Å². The molecule has 6 heteroatoms. The van der Waals surface area contributed by atoms with Crippen LogP contribution < -0.4 is 5.32 Å². The van der Waals surface area contributed by atoms with Crippen LogP contribution >= 0.6 is 0 Å². The lowest BCUT2D eigenvalue weighted by molar-refractivity contribution is 0.238. The van der Waals surface area contributed by atoms with Crippen LogP contribution in [0.15, 0.2) is 54.6 Å². The van der Waals surface area contributed by atoms with Crippen molar-refractivity contribution in [1.29, 1.82) is 0 Å². The second-order valence-corrected chi connectivity index (χ2v) is 6.15. The lowest BCUT2D eigenvalue weighted by Gasteiger charge is -2.12. The van der Waals surface area contributed by atoms with E-state index in [9.17, 15) is 9.50 Å². The van der Waals surface area contributed by atoms with E-state index in [0.717, 1.165) is 23.4 Å². The molecule has 1 atom stereocenters. The molecule has 0 saturated heterocycles. The third kappa shape index (κ3) is 4.33. The highest BCUT2D eigenvalue weighted by molar-refractivity contribution is 5.60. The number of hydrogen-bond donors (Lipinski definition) is 2. The Kier molecular flexibility index (Phi) is 6.09. The van der Waals surface area contributed by atoms with Gasteiger partial charge in [0.2, 0.25) is 0 Å². The Bertz CT molecular complexity index is 831. The maximum atomic E-state index is 13.9. The van der Waals surface area contributed by atoms with Gasteiger partial charge in [-0.3, -0.25) is 0 Å². The molecular weight excluding hydrogens is 331 g/mol. The van der Waals surface area contributed by atoms with E-state index in [1.807, 2.05) is 37.3 Å². The summed E-state index contributed by atoms with van der Waals surface area (Å²) in [5, 5.41) is 21.8. The third-order valence-electron chi connectivity index (χ3n) is 4.31. The molecule has 3 aromatic rings. The zero-order valence-corrected chi connectivity index (χ0v) is 14.8. The number of aliphatic hydroxyl groups is 1. The van der Waals surface area contributed by atoms with Crippen molar-refractivity contribution in [2.24, 2.45) is 0 Å². The molecule has 3 rings (SSSR count). The van der Waals surface area contributed by atoms with Crippen molar-refractivity contribution in [3.05, 3.63) is 71.7 Å². The zero-order chi connectivity index (χ0) is 18.4. The molecule has 0 aliphatic carbocycles. The Morgan fingerprint density at radius 1 is 1.08 bits per heavy atom. The summed E-state index contributed by atoms with van der Waals surface area (Å²) in [5.74, 6) is -0.267. The van der Waals surface area contributed by atoms with E-state index in [0.29, 0.717) is 12.1 Å². The Hall–Kier alpha value is -2.57. The molecule has 0 fully saturated rings. The second-order valence-electron chi connectivity index (χ2n) is 6.15. The maximum absolute atomic E-state index is 13.9. The molecule has 0 bridgehead atoms. The molecule has 0 saturated carbocycles. The lowest BCUT2D eigenvalue weighted by atomic mass is 10.1. The van der Waals surface area contributed by atoms with E-state index in [1.54, 1.807) is 18.2 Å². The number of nitrogens with one attached hydrogen (secondary N) is 1. The maximum Gasteiger partial charge on any atom is 0.128 e. The second kappa shape index (κ2) is 8.69. The normalized spacial score (nSPS) is 12.3. The summed E-state index contributed by atoms with van der Waals surface area (Å²) in [6.07, 6.45) is 0.820. The van der Waals surface area contributed by atoms with Crippen LogP contribution in [0, 0.1) is 5.82 Å². The summed E-state index contributed by atoms with van der Waals surface area (Å²) in [6, 6.07) is 16.4. The summed E-state index contributed by atoms with van der Waals surface area (Å²) in [4.78, 5) is 1.53. The first-order valence-corrected chi connectivity index (χ1v) is 8.78. The quantitative estimate of drug-likeness (QED) is 0.653. The minimum Gasteiger partial charge on any atom is -0.395 e. The predicted molar refractivity (Wildman–Crippen MR) is 99.0 cm³/mol. The topological polar surface area (TPSA) is 63.0 Å². The molecule has 0 radical (unpaired) electrons. The molecule has 0 amide bonds. The van der Waals surface area contributed by atoms with E-state index >= 15 is 0 Å². The van der Waals surface area contributed by atoms with Crippen LogP contribution in [0.25, 0.3) is 11.3 Å². The Balaban J connectivity index is 1.88. The van der Waals surface area contributed by atoms with E-state index in [2.05, 4.69) is 15.5 Å². The summed E-state index contributed by atoms with van der Waals surface area (Å²) < 4.78 is 13.9. The van der Waals surface area contributed by atoms with Crippen molar-refractivity contribution in [1.82, 2.24) is 20.3 Å². The Morgan fingerprint density at radius 3 is 2.50 bits per heavy atom. The molecule has 0 spiro atoms. The highest BCUT2D eigenvalue weighted by atomic mass is 19.1. The number of rotatable bonds is 8. The summed E-state index contributed by atoms with van der Waals surface area (Å²) >= 11 is 0. The molecule has 136 valence electrons. The van der Waals surface area contributed by atoms with E-state index < -0.39 is 0 Å². The number of halogens is 1. The summed E-state index contributed by atoms with van der Waals surface area (Å²) in [6.45, 7) is 2.84. The molecule has 1 aromatic heterocycles. The molecule has 0 aliphatic rings. The molecule has 0 aliphatic heterocycles. The molecule has 2 aromatic carbocycles. The van der Waals surface area contributed by atoms with Crippen molar-refractivity contribution in [2.75, 3.05) is 6.61 Å². The minimum absolute atomic E-state index is 0.00958. The fraction of sp³-hybridized carbons (Fsp3) is 0.300. The van der Waals surface area contributed by atoms with Gasteiger partial charge in [-0.1, -0.05) is 55.5 Å². The van der Waals surface area contributed by atoms with E-state index in [4.69, 9.17) is 0 Å². The summed E-state index contributed by atoms with van der Waals surface area (Å²) in [7, 11) is 0. The van der Waals surface area contributed by atoms with E-state index in [-0.39, 0.29) is 25.0 Å². The van der Waals surface area contributed by atoms with Gasteiger partial charge in [-0.05, 0) is 12.5 Å². The number of aliphatic hydroxyl groups excluding tert-OH is 1. The fourth-order valence-electron chi connectivity index (χ4n) is 2.75. The van der Waals surface area contributed by atoms with Gasteiger partial charge >= 0.3 is 0 Å². The van der Waals surface area contributed by atoms with Crippen molar-refractivity contribution < 1.29 is 9.50 Å². The smallest absolute Gasteiger partial charge is 0.128 e. The van der Waals surface area contributed by atoms with Crippen LogP contribution in [0.1, 0.15) is 24.6 Å². The molecule has 1 heterocycles. The van der Waals surface area contributed by atoms with Gasteiger partial charge in [0, 0.05) is 23.7 Å². The average molecular weight is 354 g/mol. The first-order valence-electron chi connectivity index (χ1n) is 8.78. The highest BCUT2D eigenvalue weighted by Gasteiger charge is 2.15. The SMILES string of the molecule is CC[C@@H](CO)NCc1nn(Cc2ccccc2F)nc1-c1ccccc1. The van der Waals surface area contributed by atoms with Crippen LogP contribution in [0.2, 0.25) is 0 Å². The Labute approximate surface area is 152 Å². The van der Waals surface area contributed by atoms with Crippen LogP contribution in [-0.2, 0) is 13.1 Å².